The summed E-state index contributed by atoms with van der Waals surface area (Å²) in [4.78, 5) is 13.3. The second-order valence-corrected chi connectivity index (χ2v) is 6.89. The third kappa shape index (κ3) is 4.49. The van der Waals surface area contributed by atoms with E-state index in [1.165, 1.54) is 0 Å². The Kier molecular flexibility index (Phi) is 5.86. The number of ether oxygens (including phenoxy) is 1. The lowest BCUT2D eigenvalue weighted by atomic mass is 10.0. The monoisotopic (exact) mass is 337 g/mol. The Hall–Kier alpha value is -1.52. The maximum Gasteiger partial charge on any atom is 0.258 e. The van der Waals surface area contributed by atoms with E-state index >= 15 is 0 Å². The van der Waals surface area contributed by atoms with Crippen molar-refractivity contribution < 1.29 is 9.53 Å². The molecule has 0 bridgehead atoms. The number of thiophene rings is 1. The lowest BCUT2D eigenvalue weighted by molar-refractivity contribution is -0.124. The highest BCUT2D eigenvalue weighted by molar-refractivity contribution is 7.10. The highest BCUT2D eigenvalue weighted by atomic mass is 35.5. The van der Waals surface area contributed by atoms with Crippen LogP contribution in [0.4, 0.5) is 0 Å². The van der Waals surface area contributed by atoms with Crippen molar-refractivity contribution in [3.8, 4) is 5.75 Å². The van der Waals surface area contributed by atoms with Crippen LogP contribution in [0.5, 0.6) is 5.75 Å². The van der Waals surface area contributed by atoms with Gasteiger partial charge in [0.2, 0.25) is 0 Å². The van der Waals surface area contributed by atoms with Crippen LogP contribution in [-0.4, -0.2) is 12.5 Å². The molecule has 0 unspecified atom stereocenters. The zero-order valence-corrected chi connectivity index (χ0v) is 14.5. The van der Waals surface area contributed by atoms with E-state index in [1.807, 2.05) is 30.5 Å². The molecule has 0 aliphatic rings. The Morgan fingerprint density at radius 3 is 2.73 bits per heavy atom. The van der Waals surface area contributed by atoms with Crippen molar-refractivity contribution >= 4 is 28.8 Å². The molecule has 0 spiro atoms. The topological polar surface area (TPSA) is 38.3 Å². The second-order valence-electron chi connectivity index (χ2n) is 5.50. The molecule has 1 heterocycles. The van der Waals surface area contributed by atoms with Crippen LogP contribution in [0.3, 0.4) is 0 Å². The van der Waals surface area contributed by atoms with Crippen molar-refractivity contribution in [3.05, 3.63) is 51.2 Å². The zero-order valence-electron chi connectivity index (χ0n) is 12.9. The van der Waals surface area contributed by atoms with Gasteiger partial charge in [0.25, 0.3) is 5.91 Å². The standard InChI is InChI=1S/C17H20ClNO2S/c1-11(2)17(15-5-4-8-22-15)19-16(20)10-21-13-6-7-14(18)12(3)9-13/h4-9,11,17H,10H2,1-3H3,(H,19,20)/t17-/m0/s1. The molecule has 1 N–H and O–H groups in total. The van der Waals surface area contributed by atoms with Crippen LogP contribution in [-0.2, 0) is 4.79 Å². The largest absolute Gasteiger partial charge is 0.484 e. The number of carbonyl (C=O) groups excluding carboxylic acids is 1. The number of nitrogens with one attached hydrogen (secondary N) is 1. The Balaban J connectivity index is 1.92. The van der Waals surface area contributed by atoms with Gasteiger partial charge in [-0.1, -0.05) is 31.5 Å². The minimum absolute atomic E-state index is 0.00430. The lowest BCUT2D eigenvalue weighted by Gasteiger charge is -2.21. The van der Waals surface area contributed by atoms with Crippen LogP contribution in [0.2, 0.25) is 5.02 Å². The molecule has 1 amide bonds. The maximum atomic E-state index is 12.1. The molecule has 0 fully saturated rings. The smallest absolute Gasteiger partial charge is 0.258 e. The Bertz CT molecular complexity index is 626. The number of rotatable bonds is 6. The molecule has 3 nitrogen and oxygen atoms in total. The zero-order chi connectivity index (χ0) is 16.1. The minimum atomic E-state index is -0.125. The number of halogens is 1. The van der Waals surface area contributed by atoms with Gasteiger partial charge < -0.3 is 10.1 Å². The van der Waals surface area contributed by atoms with Gasteiger partial charge in [-0.2, -0.15) is 0 Å². The van der Waals surface area contributed by atoms with Crippen molar-refractivity contribution in [2.75, 3.05) is 6.61 Å². The van der Waals surface area contributed by atoms with E-state index in [2.05, 4.69) is 19.2 Å². The van der Waals surface area contributed by atoms with Gasteiger partial charge in [0.1, 0.15) is 5.75 Å². The fourth-order valence-electron chi connectivity index (χ4n) is 2.11. The van der Waals surface area contributed by atoms with Crippen LogP contribution in [0, 0.1) is 12.8 Å². The van der Waals surface area contributed by atoms with Crippen molar-refractivity contribution in [3.63, 3.8) is 0 Å². The molecule has 1 aromatic heterocycles. The summed E-state index contributed by atoms with van der Waals surface area (Å²) >= 11 is 7.62. The van der Waals surface area contributed by atoms with E-state index < -0.39 is 0 Å². The lowest BCUT2D eigenvalue weighted by Crippen LogP contribution is -2.34. The van der Waals surface area contributed by atoms with Crippen LogP contribution in [0.25, 0.3) is 0 Å². The van der Waals surface area contributed by atoms with Gasteiger partial charge in [-0.25, -0.2) is 0 Å². The van der Waals surface area contributed by atoms with Crippen molar-refractivity contribution in [2.24, 2.45) is 5.92 Å². The highest BCUT2D eigenvalue weighted by Gasteiger charge is 2.19. The summed E-state index contributed by atoms with van der Waals surface area (Å²) in [6.45, 7) is 6.08. The van der Waals surface area contributed by atoms with Gasteiger partial charge in [-0.05, 0) is 48.1 Å². The number of hydrogen-bond acceptors (Lipinski definition) is 3. The molecule has 0 saturated heterocycles. The molecule has 0 saturated carbocycles. The van der Waals surface area contributed by atoms with Crippen LogP contribution in [0.15, 0.2) is 35.7 Å². The first-order valence-corrected chi connectivity index (χ1v) is 8.45. The van der Waals surface area contributed by atoms with E-state index in [4.69, 9.17) is 16.3 Å². The second kappa shape index (κ2) is 7.65. The molecular formula is C17H20ClNO2S. The van der Waals surface area contributed by atoms with E-state index in [9.17, 15) is 4.79 Å². The number of benzene rings is 1. The summed E-state index contributed by atoms with van der Waals surface area (Å²) in [5.74, 6) is 0.842. The molecule has 2 aromatic rings. The first-order chi connectivity index (χ1) is 10.5. The number of amides is 1. The van der Waals surface area contributed by atoms with Crippen LogP contribution >= 0.6 is 22.9 Å². The average Bonchev–Trinajstić information content (AvgIpc) is 2.99. The fourth-order valence-corrected chi connectivity index (χ4v) is 3.17. The number of carbonyl (C=O) groups is 1. The molecule has 0 radical (unpaired) electrons. The van der Waals surface area contributed by atoms with Gasteiger partial charge in [0.05, 0.1) is 6.04 Å². The van der Waals surface area contributed by atoms with Crippen molar-refractivity contribution in [1.29, 1.82) is 0 Å². The van der Waals surface area contributed by atoms with Crippen molar-refractivity contribution in [1.82, 2.24) is 5.32 Å². The Labute approximate surface area is 140 Å². The summed E-state index contributed by atoms with van der Waals surface area (Å²) in [7, 11) is 0. The SMILES string of the molecule is Cc1cc(OCC(=O)N[C@H](c2cccs2)C(C)C)ccc1Cl. The summed E-state index contributed by atoms with van der Waals surface area (Å²) < 4.78 is 5.53. The predicted octanol–water partition coefficient (Wildman–Crippen LogP) is 4.60. The molecule has 2 rings (SSSR count). The molecule has 0 aliphatic heterocycles. The maximum absolute atomic E-state index is 12.1. The van der Waals surface area contributed by atoms with E-state index in [1.54, 1.807) is 23.5 Å². The highest BCUT2D eigenvalue weighted by Crippen LogP contribution is 2.26. The first-order valence-electron chi connectivity index (χ1n) is 7.19. The molecular weight excluding hydrogens is 318 g/mol. The molecule has 1 atom stereocenters. The fraction of sp³-hybridized carbons (Fsp3) is 0.353. The van der Waals surface area contributed by atoms with Gasteiger partial charge in [0, 0.05) is 9.90 Å². The van der Waals surface area contributed by atoms with E-state index in [0.29, 0.717) is 16.7 Å². The normalized spacial score (nSPS) is 12.2. The van der Waals surface area contributed by atoms with Gasteiger partial charge in [-0.15, -0.1) is 11.3 Å². The molecule has 0 aliphatic carbocycles. The quantitative estimate of drug-likeness (QED) is 0.836. The van der Waals surface area contributed by atoms with Gasteiger partial charge >= 0.3 is 0 Å². The predicted molar refractivity (Wildman–Crippen MR) is 91.7 cm³/mol. The van der Waals surface area contributed by atoms with E-state index in [-0.39, 0.29) is 18.6 Å². The van der Waals surface area contributed by atoms with Crippen LogP contribution in [0.1, 0.15) is 30.3 Å². The van der Waals surface area contributed by atoms with Gasteiger partial charge in [-0.3, -0.25) is 4.79 Å². The van der Waals surface area contributed by atoms with Gasteiger partial charge in [0.15, 0.2) is 6.61 Å². The first kappa shape index (κ1) is 16.8. The molecule has 118 valence electrons. The number of aryl methyl sites for hydroxylation is 1. The molecule has 22 heavy (non-hydrogen) atoms. The molecule has 5 heteroatoms. The Morgan fingerprint density at radius 1 is 1.36 bits per heavy atom. The average molecular weight is 338 g/mol. The summed E-state index contributed by atoms with van der Waals surface area (Å²) in [6, 6.07) is 9.42. The summed E-state index contributed by atoms with van der Waals surface area (Å²) in [6.07, 6.45) is 0. The third-order valence-corrected chi connectivity index (χ3v) is 4.71. The summed E-state index contributed by atoms with van der Waals surface area (Å²) in [5.41, 5.74) is 0.929. The summed E-state index contributed by atoms with van der Waals surface area (Å²) in [5, 5.41) is 5.74. The Morgan fingerprint density at radius 2 is 2.14 bits per heavy atom. The number of hydrogen-bond donors (Lipinski definition) is 1. The van der Waals surface area contributed by atoms with E-state index in [0.717, 1.165) is 10.4 Å². The van der Waals surface area contributed by atoms with Crippen LogP contribution < -0.4 is 10.1 Å². The third-order valence-electron chi connectivity index (χ3n) is 3.33. The minimum Gasteiger partial charge on any atom is -0.484 e. The molecule has 1 aromatic carbocycles. The van der Waals surface area contributed by atoms with Crippen molar-refractivity contribution in [2.45, 2.75) is 26.8 Å².